The number of halogens is 4. The van der Waals surface area contributed by atoms with Crippen molar-refractivity contribution < 1.29 is 22.4 Å². The second-order valence-corrected chi connectivity index (χ2v) is 2.91. The summed E-state index contributed by atoms with van der Waals surface area (Å²) in [6.45, 7) is 0. The minimum atomic E-state index is -3.17. The Bertz CT molecular complexity index is 392. The maximum Gasteiger partial charge on any atom is 0.296 e. The fourth-order valence-electron chi connectivity index (χ4n) is 1.01. The minimum Gasteiger partial charge on any atom is -0.396 e. The molecule has 1 aromatic carbocycles. The predicted molar refractivity (Wildman–Crippen MR) is 45.5 cm³/mol. The van der Waals surface area contributed by atoms with Gasteiger partial charge in [0.05, 0.1) is 5.69 Å². The predicted octanol–water partition coefficient (Wildman–Crippen LogP) is 1.92. The van der Waals surface area contributed by atoms with Crippen LogP contribution in [0.3, 0.4) is 0 Å². The number of hydrogen-bond acceptors (Lipinski definition) is 2. The first-order chi connectivity index (χ1) is 6.91. The third-order valence-electron chi connectivity index (χ3n) is 1.77. The summed E-state index contributed by atoms with van der Waals surface area (Å²) in [5.74, 6) is -3.48. The van der Waals surface area contributed by atoms with Crippen molar-refractivity contribution in [1.82, 2.24) is 0 Å². The number of carbonyl (C=O) groups excluding carboxylic acids is 1. The Kier molecular flexibility index (Phi) is 3.28. The molecule has 0 unspecified atom stereocenters. The number of alkyl halides is 2. The van der Waals surface area contributed by atoms with Gasteiger partial charge in [-0.15, -0.1) is 0 Å². The van der Waals surface area contributed by atoms with E-state index >= 15 is 0 Å². The van der Waals surface area contributed by atoms with E-state index < -0.39 is 30.3 Å². The highest BCUT2D eigenvalue weighted by molar-refractivity contribution is 5.84. The van der Waals surface area contributed by atoms with E-state index in [-0.39, 0.29) is 11.3 Å². The molecule has 15 heavy (non-hydrogen) atoms. The second kappa shape index (κ2) is 4.29. The first-order valence-corrected chi connectivity index (χ1v) is 3.96. The lowest BCUT2D eigenvalue weighted by molar-refractivity contribution is -0.128. The van der Waals surface area contributed by atoms with Crippen molar-refractivity contribution in [2.45, 2.75) is 12.8 Å². The topological polar surface area (TPSA) is 43.1 Å². The van der Waals surface area contributed by atoms with Gasteiger partial charge in [-0.1, -0.05) is 0 Å². The van der Waals surface area contributed by atoms with Gasteiger partial charge >= 0.3 is 0 Å². The van der Waals surface area contributed by atoms with Gasteiger partial charge in [-0.2, -0.15) is 0 Å². The maximum absolute atomic E-state index is 13.0. The number of hydrogen-bond donors (Lipinski definition) is 1. The van der Waals surface area contributed by atoms with E-state index in [1.54, 1.807) is 0 Å². The second-order valence-electron chi connectivity index (χ2n) is 2.91. The van der Waals surface area contributed by atoms with E-state index in [2.05, 4.69) is 0 Å². The standard InChI is InChI=1S/C9H7F4NO/c10-5-3-6(11)7(14)1-4(5)2-8(15)9(12)13/h1,3,9H,2,14H2. The Balaban J connectivity index is 2.96. The first-order valence-electron chi connectivity index (χ1n) is 3.96. The van der Waals surface area contributed by atoms with Crippen LogP contribution in [0.1, 0.15) is 5.56 Å². The molecule has 0 heterocycles. The van der Waals surface area contributed by atoms with Crippen LogP contribution in [0, 0.1) is 11.6 Å². The molecule has 0 radical (unpaired) electrons. The molecule has 0 aliphatic rings. The number of Topliss-reactive ketones (excluding diaryl/α,β-unsaturated/α-hetero) is 1. The van der Waals surface area contributed by atoms with Gasteiger partial charge in [0.1, 0.15) is 11.6 Å². The van der Waals surface area contributed by atoms with Crippen LogP contribution in [-0.2, 0) is 11.2 Å². The Morgan fingerprint density at radius 3 is 2.40 bits per heavy atom. The molecular weight excluding hydrogens is 214 g/mol. The van der Waals surface area contributed by atoms with Crippen LogP contribution in [0.2, 0.25) is 0 Å². The number of ketones is 1. The smallest absolute Gasteiger partial charge is 0.296 e. The van der Waals surface area contributed by atoms with Crippen molar-refractivity contribution in [2.24, 2.45) is 0 Å². The Morgan fingerprint density at radius 1 is 1.27 bits per heavy atom. The van der Waals surface area contributed by atoms with Gasteiger partial charge in [-0.05, 0) is 11.6 Å². The quantitative estimate of drug-likeness (QED) is 0.626. The number of anilines is 1. The molecule has 0 saturated heterocycles. The van der Waals surface area contributed by atoms with Crippen LogP contribution in [0.4, 0.5) is 23.2 Å². The lowest BCUT2D eigenvalue weighted by Crippen LogP contribution is -2.14. The van der Waals surface area contributed by atoms with Crippen LogP contribution in [0.15, 0.2) is 12.1 Å². The molecule has 0 fully saturated rings. The van der Waals surface area contributed by atoms with Gasteiger partial charge in [0, 0.05) is 12.5 Å². The van der Waals surface area contributed by atoms with Crippen molar-refractivity contribution in [2.75, 3.05) is 5.73 Å². The molecule has 0 aliphatic carbocycles. The average molecular weight is 221 g/mol. The molecule has 0 aromatic heterocycles. The summed E-state index contributed by atoms with van der Waals surface area (Å²) < 4.78 is 49.3. The highest BCUT2D eigenvalue weighted by Gasteiger charge is 2.18. The summed E-state index contributed by atoms with van der Waals surface area (Å²) in [7, 11) is 0. The van der Waals surface area contributed by atoms with Crippen LogP contribution in [0.25, 0.3) is 0 Å². The van der Waals surface area contributed by atoms with Crippen LogP contribution in [-0.4, -0.2) is 12.2 Å². The largest absolute Gasteiger partial charge is 0.396 e. The van der Waals surface area contributed by atoms with E-state index in [9.17, 15) is 22.4 Å². The Morgan fingerprint density at radius 2 is 1.87 bits per heavy atom. The summed E-state index contributed by atoms with van der Waals surface area (Å²) >= 11 is 0. The minimum absolute atomic E-state index is 0.334. The van der Waals surface area contributed by atoms with Crippen molar-refractivity contribution in [3.8, 4) is 0 Å². The fraction of sp³-hybridized carbons (Fsp3) is 0.222. The molecule has 0 amide bonds. The van der Waals surface area contributed by atoms with Gasteiger partial charge in [0.25, 0.3) is 6.43 Å². The lowest BCUT2D eigenvalue weighted by atomic mass is 10.1. The summed E-state index contributed by atoms with van der Waals surface area (Å²) in [6.07, 6.45) is -3.97. The number of nitrogens with two attached hydrogens (primary N) is 1. The molecule has 2 N–H and O–H groups in total. The summed E-state index contributed by atoms with van der Waals surface area (Å²) in [5.41, 5.74) is 4.39. The summed E-state index contributed by atoms with van der Waals surface area (Å²) in [6, 6.07) is 1.30. The number of nitrogen functional groups attached to an aromatic ring is 1. The van der Waals surface area contributed by atoms with E-state index in [0.29, 0.717) is 6.07 Å². The fourth-order valence-corrected chi connectivity index (χ4v) is 1.01. The van der Waals surface area contributed by atoms with E-state index in [1.807, 2.05) is 0 Å². The molecule has 0 atom stereocenters. The molecule has 0 spiro atoms. The van der Waals surface area contributed by atoms with Gasteiger partial charge < -0.3 is 5.73 Å². The van der Waals surface area contributed by atoms with Crippen LogP contribution >= 0.6 is 0 Å². The summed E-state index contributed by atoms with van der Waals surface area (Å²) in [5, 5.41) is 0. The number of rotatable bonds is 3. The monoisotopic (exact) mass is 221 g/mol. The highest BCUT2D eigenvalue weighted by Crippen LogP contribution is 2.18. The Labute approximate surface area is 82.7 Å². The third-order valence-corrected chi connectivity index (χ3v) is 1.77. The highest BCUT2D eigenvalue weighted by atomic mass is 19.3. The first kappa shape index (κ1) is 11.5. The lowest BCUT2D eigenvalue weighted by Gasteiger charge is -2.04. The SMILES string of the molecule is Nc1cc(CC(=O)C(F)F)c(F)cc1F. The van der Waals surface area contributed by atoms with Crippen molar-refractivity contribution in [3.63, 3.8) is 0 Å². The van der Waals surface area contributed by atoms with Gasteiger partial charge in [-0.25, -0.2) is 17.6 Å². The van der Waals surface area contributed by atoms with Gasteiger partial charge in [0.15, 0.2) is 0 Å². The molecule has 0 bridgehead atoms. The molecule has 1 rings (SSSR count). The molecular formula is C9H7F4NO. The zero-order valence-electron chi connectivity index (χ0n) is 7.44. The molecule has 1 aromatic rings. The van der Waals surface area contributed by atoms with Crippen LogP contribution in [0.5, 0.6) is 0 Å². The van der Waals surface area contributed by atoms with E-state index in [0.717, 1.165) is 6.07 Å². The van der Waals surface area contributed by atoms with Gasteiger partial charge in [-0.3, -0.25) is 4.79 Å². The molecule has 6 heteroatoms. The zero-order valence-corrected chi connectivity index (χ0v) is 7.44. The van der Waals surface area contributed by atoms with Crippen molar-refractivity contribution >= 4 is 11.5 Å². The molecule has 2 nitrogen and oxygen atoms in total. The third kappa shape index (κ3) is 2.68. The molecule has 0 aliphatic heterocycles. The van der Waals surface area contributed by atoms with Crippen molar-refractivity contribution in [3.05, 3.63) is 29.3 Å². The normalized spacial score (nSPS) is 10.7. The zero-order chi connectivity index (χ0) is 11.6. The molecule has 0 saturated carbocycles. The van der Waals surface area contributed by atoms with E-state index in [4.69, 9.17) is 5.73 Å². The van der Waals surface area contributed by atoms with E-state index in [1.165, 1.54) is 0 Å². The maximum atomic E-state index is 13.0. The molecule has 82 valence electrons. The number of carbonyl (C=O) groups is 1. The van der Waals surface area contributed by atoms with Gasteiger partial charge in [0.2, 0.25) is 5.78 Å². The Hall–Kier alpha value is -1.59. The number of benzene rings is 1. The van der Waals surface area contributed by atoms with Crippen molar-refractivity contribution in [1.29, 1.82) is 0 Å². The van der Waals surface area contributed by atoms with Crippen LogP contribution < -0.4 is 5.73 Å². The summed E-state index contributed by atoms with van der Waals surface area (Å²) in [4.78, 5) is 10.6. The average Bonchev–Trinajstić information content (AvgIpc) is 2.13.